The Labute approximate surface area is 94.3 Å². The van der Waals surface area contributed by atoms with Crippen LogP contribution in [0.4, 0.5) is 5.69 Å². The number of aromatic nitrogens is 2. The van der Waals surface area contributed by atoms with E-state index in [1.807, 2.05) is 16.8 Å². The van der Waals surface area contributed by atoms with Gasteiger partial charge in [-0.2, -0.15) is 5.10 Å². The second-order valence-corrected chi connectivity index (χ2v) is 4.03. The highest BCUT2D eigenvalue weighted by Crippen LogP contribution is 2.29. The van der Waals surface area contributed by atoms with Crippen molar-refractivity contribution >= 4 is 5.69 Å². The molecule has 1 aromatic heterocycles. The van der Waals surface area contributed by atoms with Crippen LogP contribution in [0.1, 0.15) is 19.9 Å². The lowest BCUT2D eigenvalue weighted by Crippen LogP contribution is -2.05. The highest BCUT2D eigenvalue weighted by molar-refractivity contribution is 5.72. The Morgan fingerprint density at radius 3 is 2.44 bits per heavy atom. The highest BCUT2D eigenvalue weighted by atomic mass is 16.3. The molecule has 0 saturated carbocycles. The molecule has 0 bridgehead atoms. The summed E-state index contributed by atoms with van der Waals surface area (Å²) in [5.41, 5.74) is 8.41. The van der Waals surface area contributed by atoms with Crippen molar-refractivity contribution in [3.8, 4) is 17.0 Å². The van der Waals surface area contributed by atoms with Crippen LogP contribution in [0.3, 0.4) is 0 Å². The van der Waals surface area contributed by atoms with E-state index in [-0.39, 0.29) is 11.8 Å². The molecule has 4 heteroatoms. The van der Waals surface area contributed by atoms with Crippen LogP contribution in [0, 0.1) is 0 Å². The number of hydrogen-bond acceptors (Lipinski definition) is 3. The maximum Gasteiger partial charge on any atom is 0.115 e. The summed E-state index contributed by atoms with van der Waals surface area (Å²) < 4.78 is 1.88. The molecule has 0 aliphatic heterocycles. The van der Waals surface area contributed by atoms with Crippen molar-refractivity contribution in [1.82, 2.24) is 9.78 Å². The van der Waals surface area contributed by atoms with Gasteiger partial charge in [-0.3, -0.25) is 4.68 Å². The zero-order valence-electron chi connectivity index (χ0n) is 9.38. The summed E-state index contributed by atoms with van der Waals surface area (Å²) >= 11 is 0. The summed E-state index contributed by atoms with van der Waals surface area (Å²) in [4.78, 5) is 0. The van der Waals surface area contributed by atoms with Crippen LogP contribution in [0.5, 0.6) is 5.75 Å². The molecule has 0 fully saturated rings. The predicted octanol–water partition coefficient (Wildman–Crippen LogP) is 2.42. The first-order chi connectivity index (χ1) is 7.59. The van der Waals surface area contributed by atoms with E-state index in [4.69, 9.17) is 5.73 Å². The molecular formula is C12H15N3O. The zero-order chi connectivity index (χ0) is 11.7. The number of rotatable bonds is 2. The van der Waals surface area contributed by atoms with Crippen molar-refractivity contribution in [2.75, 3.05) is 5.73 Å². The van der Waals surface area contributed by atoms with Crippen LogP contribution in [-0.4, -0.2) is 14.9 Å². The summed E-state index contributed by atoms with van der Waals surface area (Å²) in [7, 11) is 0. The van der Waals surface area contributed by atoms with Gasteiger partial charge in [-0.15, -0.1) is 0 Å². The van der Waals surface area contributed by atoms with E-state index in [2.05, 4.69) is 18.9 Å². The quantitative estimate of drug-likeness (QED) is 0.812. The number of benzene rings is 1. The van der Waals surface area contributed by atoms with Gasteiger partial charge in [0.15, 0.2) is 0 Å². The van der Waals surface area contributed by atoms with Crippen LogP contribution >= 0.6 is 0 Å². The second-order valence-electron chi connectivity index (χ2n) is 4.03. The normalized spacial score (nSPS) is 10.9. The fourth-order valence-corrected chi connectivity index (χ4v) is 1.69. The number of nitrogen functional groups attached to an aromatic ring is 1. The molecule has 1 aromatic carbocycles. The van der Waals surface area contributed by atoms with E-state index in [1.54, 1.807) is 18.3 Å². The van der Waals surface area contributed by atoms with Gasteiger partial charge in [-0.25, -0.2) is 0 Å². The average Bonchev–Trinajstić information content (AvgIpc) is 2.62. The molecule has 4 nitrogen and oxygen atoms in total. The third-order valence-electron chi connectivity index (χ3n) is 2.45. The van der Waals surface area contributed by atoms with Gasteiger partial charge in [-0.05, 0) is 38.1 Å². The molecule has 2 rings (SSSR count). The van der Waals surface area contributed by atoms with Crippen molar-refractivity contribution < 1.29 is 5.11 Å². The fraction of sp³-hybridized carbons (Fsp3) is 0.250. The molecule has 0 unspecified atom stereocenters. The van der Waals surface area contributed by atoms with Gasteiger partial charge in [0.1, 0.15) is 5.75 Å². The van der Waals surface area contributed by atoms with E-state index in [9.17, 15) is 5.11 Å². The Balaban J connectivity index is 2.54. The average molecular weight is 217 g/mol. The van der Waals surface area contributed by atoms with Gasteiger partial charge in [0.05, 0.1) is 17.6 Å². The SMILES string of the molecule is CC(C)n1ncc(N)c1-c1ccc(O)cc1. The third-order valence-corrected chi connectivity index (χ3v) is 2.45. The number of anilines is 1. The van der Waals surface area contributed by atoms with Crippen LogP contribution in [0.15, 0.2) is 30.5 Å². The van der Waals surface area contributed by atoms with Gasteiger partial charge in [0.2, 0.25) is 0 Å². The molecular weight excluding hydrogens is 202 g/mol. The Kier molecular flexibility index (Phi) is 2.56. The first-order valence-electron chi connectivity index (χ1n) is 5.22. The maximum absolute atomic E-state index is 9.25. The smallest absolute Gasteiger partial charge is 0.115 e. The number of hydrogen-bond donors (Lipinski definition) is 2. The number of phenols is 1. The first kappa shape index (κ1) is 10.5. The Morgan fingerprint density at radius 2 is 1.88 bits per heavy atom. The lowest BCUT2D eigenvalue weighted by atomic mass is 10.1. The molecule has 0 spiro atoms. The standard InChI is InChI=1S/C12H15N3O/c1-8(2)15-12(11(13)7-14-15)9-3-5-10(16)6-4-9/h3-8,16H,13H2,1-2H3. The molecule has 16 heavy (non-hydrogen) atoms. The topological polar surface area (TPSA) is 64.1 Å². The number of nitrogens with zero attached hydrogens (tertiary/aromatic N) is 2. The Morgan fingerprint density at radius 1 is 1.25 bits per heavy atom. The van der Waals surface area contributed by atoms with E-state index in [1.165, 1.54) is 0 Å². The summed E-state index contributed by atoms with van der Waals surface area (Å²) in [6.07, 6.45) is 1.65. The minimum atomic E-state index is 0.248. The van der Waals surface area contributed by atoms with Crippen molar-refractivity contribution in [2.24, 2.45) is 0 Å². The van der Waals surface area contributed by atoms with E-state index < -0.39 is 0 Å². The lowest BCUT2D eigenvalue weighted by Gasteiger charge is -2.11. The van der Waals surface area contributed by atoms with E-state index in [0.29, 0.717) is 5.69 Å². The lowest BCUT2D eigenvalue weighted by molar-refractivity contribution is 0.475. The molecule has 0 aliphatic carbocycles. The molecule has 1 heterocycles. The number of phenolic OH excluding ortho intramolecular Hbond substituents is 1. The van der Waals surface area contributed by atoms with Crippen molar-refractivity contribution in [2.45, 2.75) is 19.9 Å². The van der Waals surface area contributed by atoms with Crippen molar-refractivity contribution in [1.29, 1.82) is 0 Å². The summed E-state index contributed by atoms with van der Waals surface area (Å²) in [6, 6.07) is 7.21. The molecule has 2 aromatic rings. The predicted molar refractivity (Wildman–Crippen MR) is 64.1 cm³/mol. The summed E-state index contributed by atoms with van der Waals surface area (Å²) in [6.45, 7) is 4.10. The Bertz CT molecular complexity index is 485. The van der Waals surface area contributed by atoms with Gasteiger partial charge < -0.3 is 10.8 Å². The van der Waals surface area contributed by atoms with Crippen LogP contribution in [0.2, 0.25) is 0 Å². The zero-order valence-corrected chi connectivity index (χ0v) is 9.38. The first-order valence-corrected chi connectivity index (χ1v) is 5.22. The van der Waals surface area contributed by atoms with Gasteiger partial charge in [0, 0.05) is 11.6 Å². The largest absolute Gasteiger partial charge is 0.508 e. The van der Waals surface area contributed by atoms with E-state index >= 15 is 0 Å². The molecule has 0 aliphatic rings. The van der Waals surface area contributed by atoms with Gasteiger partial charge in [0.25, 0.3) is 0 Å². The molecule has 0 saturated heterocycles. The van der Waals surface area contributed by atoms with E-state index in [0.717, 1.165) is 11.3 Å². The van der Waals surface area contributed by atoms with Gasteiger partial charge in [-0.1, -0.05) is 0 Å². The maximum atomic E-state index is 9.25. The Hall–Kier alpha value is -1.97. The molecule has 84 valence electrons. The summed E-state index contributed by atoms with van der Waals surface area (Å²) in [5, 5.41) is 13.5. The molecule has 0 amide bonds. The van der Waals surface area contributed by atoms with Crippen LogP contribution < -0.4 is 5.73 Å². The molecule has 0 radical (unpaired) electrons. The van der Waals surface area contributed by atoms with Crippen molar-refractivity contribution in [3.63, 3.8) is 0 Å². The monoisotopic (exact) mass is 217 g/mol. The number of aromatic hydroxyl groups is 1. The fourth-order valence-electron chi connectivity index (χ4n) is 1.69. The highest BCUT2D eigenvalue weighted by Gasteiger charge is 2.12. The minimum Gasteiger partial charge on any atom is -0.508 e. The molecule has 3 N–H and O–H groups in total. The van der Waals surface area contributed by atoms with Crippen LogP contribution in [-0.2, 0) is 0 Å². The third kappa shape index (κ3) is 1.74. The summed E-state index contributed by atoms with van der Waals surface area (Å²) in [5.74, 6) is 0.248. The number of nitrogens with two attached hydrogens (primary N) is 1. The van der Waals surface area contributed by atoms with Gasteiger partial charge >= 0.3 is 0 Å². The van der Waals surface area contributed by atoms with Crippen molar-refractivity contribution in [3.05, 3.63) is 30.5 Å². The second kappa shape index (κ2) is 3.89. The minimum absolute atomic E-state index is 0.248. The molecule has 0 atom stereocenters. The van der Waals surface area contributed by atoms with Crippen LogP contribution in [0.25, 0.3) is 11.3 Å².